The van der Waals surface area contributed by atoms with Crippen LogP contribution in [-0.2, 0) is 0 Å². The summed E-state index contributed by atoms with van der Waals surface area (Å²) in [7, 11) is 0. The standard InChI is InChI=1S/C18H14N4/c1-2-6-12(7-3-1)14-10-15(14)17-20-18-13-8-4-5-9-16(13)19-11-22(18)21-17/h1-9,11,14-15H,10H2/t14-,15+/m0/s1. The molecule has 1 saturated carbocycles. The Balaban J connectivity index is 1.58. The Bertz CT molecular complexity index is 974. The molecule has 4 nitrogen and oxygen atoms in total. The first kappa shape index (κ1) is 11.9. The Morgan fingerprint density at radius 1 is 0.909 bits per heavy atom. The molecule has 0 amide bonds. The summed E-state index contributed by atoms with van der Waals surface area (Å²) in [6.45, 7) is 0. The van der Waals surface area contributed by atoms with E-state index in [0.717, 1.165) is 28.8 Å². The molecule has 4 aromatic rings. The van der Waals surface area contributed by atoms with E-state index in [1.165, 1.54) is 5.56 Å². The molecule has 0 aliphatic heterocycles. The molecule has 0 N–H and O–H groups in total. The first-order valence-corrected chi connectivity index (χ1v) is 7.55. The number of rotatable bonds is 2. The number of aromatic nitrogens is 4. The highest BCUT2D eigenvalue weighted by Crippen LogP contribution is 2.53. The van der Waals surface area contributed by atoms with Gasteiger partial charge in [-0.05, 0) is 30.0 Å². The first-order chi connectivity index (χ1) is 10.9. The molecule has 0 radical (unpaired) electrons. The van der Waals surface area contributed by atoms with Crippen LogP contribution in [0, 0.1) is 0 Å². The quantitative estimate of drug-likeness (QED) is 0.566. The zero-order chi connectivity index (χ0) is 14.5. The van der Waals surface area contributed by atoms with Crippen LogP contribution in [0.15, 0.2) is 60.9 Å². The van der Waals surface area contributed by atoms with E-state index in [1.54, 1.807) is 10.8 Å². The average molecular weight is 286 g/mol. The zero-order valence-corrected chi connectivity index (χ0v) is 11.9. The molecule has 4 heteroatoms. The molecular weight excluding hydrogens is 272 g/mol. The molecule has 2 atom stereocenters. The second-order valence-corrected chi connectivity index (χ2v) is 5.86. The predicted molar refractivity (Wildman–Crippen MR) is 84.8 cm³/mol. The van der Waals surface area contributed by atoms with Gasteiger partial charge in [-0.15, -0.1) is 5.10 Å². The summed E-state index contributed by atoms with van der Waals surface area (Å²) in [4.78, 5) is 9.23. The molecule has 2 aromatic carbocycles. The number of hydrogen-bond donors (Lipinski definition) is 0. The van der Waals surface area contributed by atoms with E-state index in [2.05, 4.69) is 46.5 Å². The summed E-state index contributed by atoms with van der Waals surface area (Å²) < 4.78 is 1.80. The molecule has 0 bridgehead atoms. The van der Waals surface area contributed by atoms with Gasteiger partial charge in [0.05, 0.1) is 5.52 Å². The van der Waals surface area contributed by atoms with Crippen molar-refractivity contribution in [3.63, 3.8) is 0 Å². The van der Waals surface area contributed by atoms with E-state index in [9.17, 15) is 0 Å². The molecule has 0 saturated heterocycles. The molecule has 106 valence electrons. The first-order valence-electron chi connectivity index (χ1n) is 7.55. The molecule has 0 unspecified atom stereocenters. The molecule has 2 heterocycles. The molecular formula is C18H14N4. The summed E-state index contributed by atoms with van der Waals surface area (Å²) in [5.74, 6) is 1.92. The van der Waals surface area contributed by atoms with Crippen molar-refractivity contribution in [1.29, 1.82) is 0 Å². The van der Waals surface area contributed by atoms with E-state index in [1.807, 2.05) is 18.2 Å². The summed E-state index contributed by atoms with van der Waals surface area (Å²) in [6, 6.07) is 18.7. The number of hydrogen-bond acceptors (Lipinski definition) is 3. The van der Waals surface area contributed by atoms with E-state index >= 15 is 0 Å². The Morgan fingerprint density at radius 2 is 1.73 bits per heavy atom. The number of para-hydroxylation sites is 1. The van der Waals surface area contributed by atoms with Crippen molar-refractivity contribution < 1.29 is 0 Å². The van der Waals surface area contributed by atoms with Crippen molar-refractivity contribution in [1.82, 2.24) is 19.6 Å². The maximum atomic E-state index is 4.79. The maximum Gasteiger partial charge on any atom is 0.166 e. The van der Waals surface area contributed by atoms with Gasteiger partial charge in [-0.2, -0.15) is 0 Å². The number of fused-ring (bicyclic) bond motifs is 3. The third-order valence-electron chi connectivity index (χ3n) is 4.45. The van der Waals surface area contributed by atoms with E-state index in [0.29, 0.717) is 11.8 Å². The smallest absolute Gasteiger partial charge is 0.166 e. The summed E-state index contributed by atoms with van der Waals surface area (Å²) in [5, 5.41) is 5.70. The van der Waals surface area contributed by atoms with Crippen LogP contribution in [0.25, 0.3) is 16.6 Å². The van der Waals surface area contributed by atoms with E-state index < -0.39 is 0 Å². The molecule has 22 heavy (non-hydrogen) atoms. The van der Waals surface area contributed by atoms with Gasteiger partial charge in [0.15, 0.2) is 11.5 Å². The Labute approximate surface area is 127 Å². The highest BCUT2D eigenvalue weighted by Gasteiger charge is 2.42. The molecule has 0 spiro atoms. The highest BCUT2D eigenvalue weighted by molar-refractivity contribution is 5.90. The van der Waals surface area contributed by atoms with Gasteiger partial charge < -0.3 is 0 Å². The Hall–Kier alpha value is -2.75. The SMILES string of the molecule is c1ccc([C@@H]2C[C@H]2c2nc3c4ccccc4ncn3n2)cc1. The predicted octanol–water partition coefficient (Wildman–Crippen LogP) is 3.55. The van der Waals surface area contributed by atoms with Crippen molar-refractivity contribution in [2.45, 2.75) is 18.3 Å². The molecule has 1 fully saturated rings. The lowest BCUT2D eigenvalue weighted by Crippen LogP contribution is -1.91. The fraction of sp³-hybridized carbons (Fsp3) is 0.167. The minimum absolute atomic E-state index is 0.432. The lowest BCUT2D eigenvalue weighted by atomic mass is 10.1. The molecule has 5 rings (SSSR count). The van der Waals surface area contributed by atoms with Crippen LogP contribution in [0.1, 0.15) is 29.6 Å². The van der Waals surface area contributed by atoms with Gasteiger partial charge in [-0.25, -0.2) is 14.5 Å². The minimum atomic E-state index is 0.432. The highest BCUT2D eigenvalue weighted by atomic mass is 15.3. The minimum Gasteiger partial charge on any atom is -0.236 e. The van der Waals surface area contributed by atoms with Crippen LogP contribution >= 0.6 is 0 Å². The summed E-state index contributed by atoms with van der Waals surface area (Å²) in [5.41, 5.74) is 3.25. The Morgan fingerprint density at radius 3 is 2.64 bits per heavy atom. The zero-order valence-electron chi connectivity index (χ0n) is 11.9. The number of benzene rings is 2. The second-order valence-electron chi connectivity index (χ2n) is 5.86. The van der Waals surface area contributed by atoms with Crippen molar-refractivity contribution in [2.24, 2.45) is 0 Å². The summed E-state index contributed by atoms with van der Waals surface area (Å²) in [6.07, 6.45) is 2.89. The molecule has 2 aromatic heterocycles. The van der Waals surface area contributed by atoms with Gasteiger partial charge in [-0.1, -0.05) is 42.5 Å². The van der Waals surface area contributed by atoms with E-state index in [4.69, 9.17) is 4.98 Å². The molecule has 1 aliphatic rings. The van der Waals surface area contributed by atoms with Crippen molar-refractivity contribution in [3.8, 4) is 0 Å². The normalized spacial score (nSPS) is 20.5. The number of nitrogens with zero attached hydrogens (tertiary/aromatic N) is 4. The van der Waals surface area contributed by atoms with Crippen LogP contribution in [0.5, 0.6) is 0 Å². The summed E-state index contributed by atoms with van der Waals surface area (Å²) >= 11 is 0. The van der Waals surface area contributed by atoms with Crippen LogP contribution in [-0.4, -0.2) is 19.6 Å². The van der Waals surface area contributed by atoms with Gasteiger partial charge in [0.25, 0.3) is 0 Å². The largest absolute Gasteiger partial charge is 0.236 e. The maximum absolute atomic E-state index is 4.79. The Kier molecular flexibility index (Phi) is 2.36. The van der Waals surface area contributed by atoms with Crippen LogP contribution in [0.4, 0.5) is 0 Å². The topological polar surface area (TPSA) is 43.1 Å². The third kappa shape index (κ3) is 1.73. The van der Waals surface area contributed by atoms with Crippen LogP contribution < -0.4 is 0 Å². The van der Waals surface area contributed by atoms with Gasteiger partial charge >= 0.3 is 0 Å². The lowest BCUT2D eigenvalue weighted by molar-refractivity contribution is 0.850. The van der Waals surface area contributed by atoms with Gasteiger partial charge in [-0.3, -0.25) is 0 Å². The third-order valence-corrected chi connectivity index (χ3v) is 4.45. The van der Waals surface area contributed by atoms with Gasteiger partial charge in [0, 0.05) is 11.3 Å². The van der Waals surface area contributed by atoms with E-state index in [-0.39, 0.29) is 0 Å². The van der Waals surface area contributed by atoms with Gasteiger partial charge in [0.1, 0.15) is 6.33 Å². The van der Waals surface area contributed by atoms with Gasteiger partial charge in [0.2, 0.25) is 0 Å². The van der Waals surface area contributed by atoms with Crippen molar-refractivity contribution >= 4 is 16.6 Å². The van der Waals surface area contributed by atoms with Crippen molar-refractivity contribution in [3.05, 3.63) is 72.3 Å². The molecule has 1 aliphatic carbocycles. The fourth-order valence-electron chi connectivity index (χ4n) is 3.20. The second kappa shape index (κ2) is 4.37. The van der Waals surface area contributed by atoms with Crippen LogP contribution in [0.2, 0.25) is 0 Å². The van der Waals surface area contributed by atoms with Crippen LogP contribution in [0.3, 0.4) is 0 Å². The monoisotopic (exact) mass is 286 g/mol. The lowest BCUT2D eigenvalue weighted by Gasteiger charge is -1.96. The average Bonchev–Trinajstić information content (AvgIpc) is 3.27. The van der Waals surface area contributed by atoms with Crippen molar-refractivity contribution in [2.75, 3.05) is 0 Å². The fourth-order valence-corrected chi connectivity index (χ4v) is 3.20.